The van der Waals surface area contributed by atoms with Crippen LogP contribution in [0.3, 0.4) is 0 Å². The first-order chi connectivity index (χ1) is 14.1. The summed E-state index contributed by atoms with van der Waals surface area (Å²) in [4.78, 5) is 21.3. The van der Waals surface area contributed by atoms with Gasteiger partial charge in [0.05, 0.1) is 12.2 Å². The van der Waals surface area contributed by atoms with Crippen LogP contribution in [0.4, 0.5) is 15.8 Å². The Labute approximate surface area is 172 Å². The van der Waals surface area contributed by atoms with Crippen LogP contribution in [-0.2, 0) is 4.79 Å². The molecule has 2 aromatic carbocycles. The summed E-state index contributed by atoms with van der Waals surface area (Å²) in [5.74, 6) is 0.0248. The number of piperazine rings is 2. The molecule has 2 aliphatic heterocycles. The van der Waals surface area contributed by atoms with E-state index in [0.717, 1.165) is 52.4 Å². The smallest absolute Gasteiger partial charge is 0.236 e. The van der Waals surface area contributed by atoms with E-state index in [4.69, 9.17) is 0 Å². The van der Waals surface area contributed by atoms with Gasteiger partial charge >= 0.3 is 0 Å². The molecule has 29 heavy (non-hydrogen) atoms. The maximum absolute atomic E-state index is 14.0. The molecule has 0 radical (unpaired) electrons. The van der Waals surface area contributed by atoms with E-state index in [1.54, 1.807) is 6.07 Å². The molecule has 0 aliphatic carbocycles. The van der Waals surface area contributed by atoms with Gasteiger partial charge in [0, 0.05) is 58.0 Å². The second-order valence-corrected chi connectivity index (χ2v) is 7.92. The van der Waals surface area contributed by atoms with Crippen LogP contribution in [0, 0.1) is 12.7 Å². The van der Waals surface area contributed by atoms with Gasteiger partial charge in [0.1, 0.15) is 5.82 Å². The van der Waals surface area contributed by atoms with Gasteiger partial charge in [0.2, 0.25) is 5.91 Å². The van der Waals surface area contributed by atoms with Crippen molar-refractivity contribution in [3.8, 4) is 0 Å². The molecule has 6 heteroatoms. The third-order valence-electron chi connectivity index (χ3n) is 5.92. The SMILES string of the molecule is Cc1cccc(N2CCN(C(=O)CN3CCN(c4ccccc4F)CC3)CC2)c1. The number of anilines is 2. The minimum absolute atomic E-state index is 0.177. The average molecular weight is 397 g/mol. The molecular formula is C23H29FN4O. The van der Waals surface area contributed by atoms with Gasteiger partial charge < -0.3 is 14.7 Å². The largest absolute Gasteiger partial charge is 0.368 e. The van der Waals surface area contributed by atoms with Crippen molar-refractivity contribution in [1.29, 1.82) is 0 Å². The Balaban J connectivity index is 1.24. The minimum Gasteiger partial charge on any atom is -0.368 e. The number of hydrogen-bond acceptors (Lipinski definition) is 4. The molecule has 154 valence electrons. The van der Waals surface area contributed by atoms with Gasteiger partial charge in [0.15, 0.2) is 0 Å². The van der Waals surface area contributed by atoms with Crippen LogP contribution in [0.5, 0.6) is 0 Å². The molecule has 2 fully saturated rings. The Hall–Kier alpha value is -2.60. The summed E-state index contributed by atoms with van der Waals surface area (Å²) >= 11 is 0. The number of benzene rings is 2. The second-order valence-electron chi connectivity index (χ2n) is 7.92. The lowest BCUT2D eigenvalue weighted by Crippen LogP contribution is -2.54. The number of rotatable bonds is 4. The van der Waals surface area contributed by atoms with Crippen molar-refractivity contribution in [3.63, 3.8) is 0 Å². The maximum Gasteiger partial charge on any atom is 0.236 e. The predicted molar refractivity (Wildman–Crippen MR) is 115 cm³/mol. The third kappa shape index (κ3) is 4.70. The standard InChI is InChI=1S/C23H29FN4O/c1-19-5-4-6-20(17-19)26-13-15-28(16-14-26)23(29)18-25-9-11-27(12-10-25)22-8-3-2-7-21(22)24/h2-8,17H,9-16,18H2,1H3. The van der Waals surface area contributed by atoms with Crippen molar-refractivity contribution < 1.29 is 9.18 Å². The first-order valence-corrected chi connectivity index (χ1v) is 10.4. The quantitative estimate of drug-likeness (QED) is 0.795. The zero-order valence-corrected chi connectivity index (χ0v) is 17.1. The topological polar surface area (TPSA) is 30.0 Å². The molecule has 2 saturated heterocycles. The summed E-state index contributed by atoms with van der Waals surface area (Å²) in [6.45, 7) is 8.89. The van der Waals surface area contributed by atoms with Crippen LogP contribution in [0.15, 0.2) is 48.5 Å². The molecule has 0 bridgehead atoms. The van der Waals surface area contributed by atoms with Crippen LogP contribution in [0.2, 0.25) is 0 Å². The van der Waals surface area contributed by atoms with Gasteiger partial charge in [-0.25, -0.2) is 4.39 Å². The Morgan fingerprint density at radius 1 is 0.862 bits per heavy atom. The van der Waals surface area contributed by atoms with Crippen LogP contribution >= 0.6 is 0 Å². The number of carbonyl (C=O) groups is 1. The highest BCUT2D eigenvalue weighted by Gasteiger charge is 2.25. The number of nitrogens with zero attached hydrogens (tertiary/aromatic N) is 4. The van der Waals surface area contributed by atoms with Crippen LogP contribution < -0.4 is 9.80 Å². The average Bonchev–Trinajstić information content (AvgIpc) is 2.75. The van der Waals surface area contributed by atoms with Gasteiger partial charge in [-0.1, -0.05) is 24.3 Å². The maximum atomic E-state index is 14.0. The molecule has 0 spiro atoms. The van der Waals surface area contributed by atoms with E-state index in [-0.39, 0.29) is 11.7 Å². The number of amides is 1. The van der Waals surface area contributed by atoms with E-state index in [1.807, 2.05) is 17.0 Å². The first-order valence-electron chi connectivity index (χ1n) is 10.4. The molecular weight excluding hydrogens is 367 g/mol. The van der Waals surface area contributed by atoms with Crippen molar-refractivity contribution in [2.24, 2.45) is 0 Å². The van der Waals surface area contributed by atoms with Gasteiger partial charge in [-0.15, -0.1) is 0 Å². The lowest BCUT2D eigenvalue weighted by Gasteiger charge is -2.39. The molecule has 0 aromatic heterocycles. The number of aryl methyl sites for hydroxylation is 1. The predicted octanol–water partition coefficient (Wildman–Crippen LogP) is 2.60. The van der Waals surface area contributed by atoms with Crippen molar-refractivity contribution in [1.82, 2.24) is 9.80 Å². The van der Waals surface area contributed by atoms with E-state index in [0.29, 0.717) is 12.2 Å². The van der Waals surface area contributed by atoms with Crippen LogP contribution in [0.25, 0.3) is 0 Å². The summed E-state index contributed by atoms with van der Waals surface area (Å²) < 4.78 is 14.0. The molecule has 0 saturated carbocycles. The van der Waals surface area contributed by atoms with E-state index in [9.17, 15) is 9.18 Å². The van der Waals surface area contributed by atoms with Crippen LogP contribution in [-0.4, -0.2) is 74.6 Å². The van der Waals surface area contributed by atoms with Gasteiger partial charge in [0.25, 0.3) is 0 Å². The van der Waals surface area contributed by atoms with Crippen molar-refractivity contribution >= 4 is 17.3 Å². The van der Waals surface area contributed by atoms with Gasteiger partial charge in [-0.2, -0.15) is 0 Å². The number of carbonyl (C=O) groups excluding carboxylic acids is 1. The van der Waals surface area contributed by atoms with Crippen LogP contribution in [0.1, 0.15) is 5.56 Å². The molecule has 0 N–H and O–H groups in total. The molecule has 2 heterocycles. The Bertz CT molecular complexity index is 842. The van der Waals surface area contributed by atoms with Crippen molar-refractivity contribution in [2.45, 2.75) is 6.92 Å². The highest BCUT2D eigenvalue weighted by molar-refractivity contribution is 5.78. The Kier molecular flexibility index (Phi) is 6.00. The molecule has 0 atom stereocenters. The molecule has 5 nitrogen and oxygen atoms in total. The fourth-order valence-corrected chi connectivity index (χ4v) is 4.19. The van der Waals surface area contributed by atoms with Crippen molar-refractivity contribution in [2.75, 3.05) is 68.7 Å². The van der Waals surface area contributed by atoms with E-state index in [2.05, 4.69) is 45.9 Å². The lowest BCUT2D eigenvalue weighted by molar-refractivity contribution is -0.132. The second kappa shape index (κ2) is 8.82. The van der Waals surface area contributed by atoms with E-state index < -0.39 is 0 Å². The van der Waals surface area contributed by atoms with Gasteiger partial charge in [-0.05, 0) is 36.8 Å². The Morgan fingerprint density at radius 2 is 1.55 bits per heavy atom. The Morgan fingerprint density at radius 3 is 2.24 bits per heavy atom. The van der Waals surface area contributed by atoms with Crippen molar-refractivity contribution in [3.05, 3.63) is 59.9 Å². The molecule has 1 amide bonds. The highest BCUT2D eigenvalue weighted by atomic mass is 19.1. The normalized spacial score (nSPS) is 18.2. The monoisotopic (exact) mass is 396 g/mol. The summed E-state index contributed by atoms with van der Waals surface area (Å²) in [6.07, 6.45) is 0. The fourth-order valence-electron chi connectivity index (χ4n) is 4.19. The fraction of sp³-hybridized carbons (Fsp3) is 0.435. The van der Waals surface area contributed by atoms with Gasteiger partial charge in [-0.3, -0.25) is 9.69 Å². The number of halogens is 1. The third-order valence-corrected chi connectivity index (χ3v) is 5.92. The molecule has 0 unspecified atom stereocenters. The van der Waals surface area contributed by atoms with E-state index in [1.165, 1.54) is 17.3 Å². The summed E-state index contributed by atoms with van der Waals surface area (Å²) in [5.41, 5.74) is 3.16. The lowest BCUT2D eigenvalue weighted by atomic mass is 10.2. The highest BCUT2D eigenvalue weighted by Crippen LogP contribution is 2.21. The zero-order chi connectivity index (χ0) is 20.2. The summed E-state index contributed by atoms with van der Waals surface area (Å²) in [5, 5.41) is 0. The zero-order valence-electron chi connectivity index (χ0n) is 17.1. The minimum atomic E-state index is -0.177. The summed E-state index contributed by atoms with van der Waals surface area (Å²) in [7, 11) is 0. The number of para-hydroxylation sites is 1. The molecule has 4 rings (SSSR count). The van der Waals surface area contributed by atoms with E-state index >= 15 is 0 Å². The molecule has 2 aliphatic rings. The first kappa shape index (κ1) is 19.7. The molecule has 2 aromatic rings. The summed E-state index contributed by atoms with van der Waals surface area (Å²) in [6, 6.07) is 15.4. The number of hydrogen-bond donors (Lipinski definition) is 0.